The van der Waals surface area contributed by atoms with Crippen LogP contribution in [0.15, 0.2) is 16.8 Å². The lowest BCUT2D eigenvalue weighted by molar-refractivity contribution is 0.651. The minimum atomic E-state index is -1.20. The van der Waals surface area contributed by atoms with E-state index in [1.807, 2.05) is 34.0 Å². The van der Waals surface area contributed by atoms with Crippen molar-refractivity contribution in [3.63, 3.8) is 0 Å². The SMILES string of the molecule is Cn1cc(C=N[S@@](=O)C(C)(C)C)cn1. The summed E-state index contributed by atoms with van der Waals surface area (Å²) in [6.45, 7) is 5.68. The average molecular weight is 213 g/mol. The van der Waals surface area contributed by atoms with Gasteiger partial charge in [-0.3, -0.25) is 4.68 Å². The lowest BCUT2D eigenvalue weighted by Gasteiger charge is -2.12. The van der Waals surface area contributed by atoms with Crippen molar-refractivity contribution in [3.05, 3.63) is 18.0 Å². The van der Waals surface area contributed by atoms with E-state index in [0.717, 1.165) is 5.56 Å². The van der Waals surface area contributed by atoms with Gasteiger partial charge in [-0.2, -0.15) is 9.50 Å². The maximum atomic E-state index is 11.5. The molecule has 78 valence electrons. The lowest BCUT2D eigenvalue weighted by atomic mass is 10.3. The minimum Gasteiger partial charge on any atom is -0.275 e. The first-order chi connectivity index (χ1) is 6.39. The molecule has 0 radical (unpaired) electrons. The second-order valence-electron chi connectivity index (χ2n) is 4.04. The van der Waals surface area contributed by atoms with Crippen LogP contribution in [0, 0.1) is 0 Å². The number of rotatable bonds is 2. The van der Waals surface area contributed by atoms with Crippen molar-refractivity contribution >= 4 is 17.2 Å². The standard InChI is InChI=1S/C9H15N3OS/c1-9(2,3)14(13)11-6-8-5-10-12(4)7-8/h5-7H,1-4H3/t14-/m0/s1. The Morgan fingerprint density at radius 2 is 2.21 bits per heavy atom. The summed E-state index contributed by atoms with van der Waals surface area (Å²) in [6, 6.07) is 0. The minimum absolute atomic E-state index is 0.307. The number of aromatic nitrogens is 2. The second-order valence-corrected chi connectivity index (χ2v) is 5.98. The lowest BCUT2D eigenvalue weighted by Crippen LogP contribution is -2.19. The van der Waals surface area contributed by atoms with Gasteiger partial charge in [0.25, 0.3) is 0 Å². The first kappa shape index (κ1) is 11.1. The highest BCUT2D eigenvalue weighted by Crippen LogP contribution is 2.11. The zero-order valence-corrected chi connectivity index (χ0v) is 9.71. The molecule has 0 aromatic carbocycles. The summed E-state index contributed by atoms with van der Waals surface area (Å²) >= 11 is 0. The molecule has 1 heterocycles. The molecule has 0 spiro atoms. The first-order valence-electron chi connectivity index (χ1n) is 4.34. The van der Waals surface area contributed by atoms with Crippen molar-refractivity contribution in [3.8, 4) is 0 Å². The van der Waals surface area contributed by atoms with E-state index in [0.29, 0.717) is 0 Å². The van der Waals surface area contributed by atoms with Crippen LogP contribution in [-0.4, -0.2) is 25.0 Å². The molecule has 1 atom stereocenters. The van der Waals surface area contributed by atoms with Crippen LogP contribution in [0.4, 0.5) is 0 Å². The van der Waals surface area contributed by atoms with Crippen LogP contribution < -0.4 is 0 Å². The fraction of sp³-hybridized carbons (Fsp3) is 0.556. The van der Waals surface area contributed by atoms with Crippen molar-refractivity contribution in [2.75, 3.05) is 0 Å². The molecule has 0 unspecified atom stereocenters. The number of nitrogens with zero attached hydrogens (tertiary/aromatic N) is 3. The Balaban J connectivity index is 2.70. The van der Waals surface area contributed by atoms with Crippen LogP contribution >= 0.6 is 0 Å². The maximum absolute atomic E-state index is 11.5. The van der Waals surface area contributed by atoms with Gasteiger partial charge in [0, 0.05) is 25.0 Å². The van der Waals surface area contributed by atoms with Crippen LogP contribution in [0.3, 0.4) is 0 Å². The van der Waals surface area contributed by atoms with E-state index in [-0.39, 0.29) is 4.75 Å². The van der Waals surface area contributed by atoms with E-state index in [4.69, 9.17) is 0 Å². The molecular weight excluding hydrogens is 198 g/mol. The van der Waals surface area contributed by atoms with Gasteiger partial charge < -0.3 is 0 Å². The molecular formula is C9H15N3OS. The Morgan fingerprint density at radius 1 is 1.57 bits per heavy atom. The molecule has 4 nitrogen and oxygen atoms in total. The molecule has 1 aromatic heterocycles. The Kier molecular flexibility index (Phi) is 3.21. The monoisotopic (exact) mass is 213 g/mol. The van der Waals surface area contributed by atoms with Gasteiger partial charge in [0.1, 0.15) is 11.0 Å². The molecule has 0 aliphatic rings. The predicted octanol–water partition coefficient (Wildman–Crippen LogP) is 1.30. The van der Waals surface area contributed by atoms with E-state index in [2.05, 4.69) is 9.50 Å². The summed E-state index contributed by atoms with van der Waals surface area (Å²) in [4.78, 5) is 0. The molecule has 0 aliphatic carbocycles. The zero-order chi connectivity index (χ0) is 10.8. The van der Waals surface area contributed by atoms with Crippen LogP contribution in [0.25, 0.3) is 0 Å². The van der Waals surface area contributed by atoms with Crippen molar-refractivity contribution in [2.45, 2.75) is 25.5 Å². The van der Waals surface area contributed by atoms with Gasteiger partial charge in [-0.1, -0.05) is 0 Å². The van der Waals surface area contributed by atoms with Crippen molar-refractivity contribution < 1.29 is 4.21 Å². The quantitative estimate of drug-likeness (QED) is 0.695. The van der Waals surface area contributed by atoms with E-state index in [1.54, 1.807) is 17.1 Å². The summed E-state index contributed by atoms with van der Waals surface area (Å²) in [5.41, 5.74) is 0.866. The summed E-state index contributed by atoms with van der Waals surface area (Å²) < 4.78 is 16.9. The van der Waals surface area contributed by atoms with Crippen LogP contribution in [0.1, 0.15) is 26.3 Å². The average Bonchev–Trinajstić information content (AvgIpc) is 2.45. The van der Waals surface area contributed by atoms with E-state index in [9.17, 15) is 4.21 Å². The van der Waals surface area contributed by atoms with E-state index < -0.39 is 11.0 Å². The largest absolute Gasteiger partial charge is 0.275 e. The van der Waals surface area contributed by atoms with Gasteiger partial charge in [-0.25, -0.2) is 4.21 Å². The van der Waals surface area contributed by atoms with Crippen molar-refractivity contribution in [1.82, 2.24) is 9.78 Å². The third-order valence-electron chi connectivity index (χ3n) is 1.55. The molecule has 0 saturated carbocycles. The maximum Gasteiger partial charge on any atom is 0.144 e. The highest BCUT2D eigenvalue weighted by Gasteiger charge is 2.18. The molecule has 1 aromatic rings. The van der Waals surface area contributed by atoms with Crippen molar-refractivity contribution in [1.29, 1.82) is 0 Å². The molecule has 0 amide bonds. The molecule has 1 rings (SSSR count). The number of hydrogen-bond donors (Lipinski definition) is 0. The number of hydrogen-bond acceptors (Lipinski definition) is 2. The first-order valence-corrected chi connectivity index (χ1v) is 5.45. The Hall–Kier alpha value is -0.970. The zero-order valence-electron chi connectivity index (χ0n) is 8.89. The highest BCUT2D eigenvalue weighted by atomic mass is 32.2. The summed E-state index contributed by atoms with van der Waals surface area (Å²) in [5, 5.41) is 3.98. The van der Waals surface area contributed by atoms with Gasteiger partial charge in [-0.05, 0) is 20.8 Å². The Labute approximate surface area is 86.6 Å². The third kappa shape index (κ3) is 3.06. The summed E-state index contributed by atoms with van der Waals surface area (Å²) in [7, 11) is 0.635. The van der Waals surface area contributed by atoms with Gasteiger partial charge >= 0.3 is 0 Å². The summed E-state index contributed by atoms with van der Waals surface area (Å²) in [5.74, 6) is 0. The molecule has 0 fully saturated rings. The topological polar surface area (TPSA) is 47.2 Å². The van der Waals surface area contributed by atoms with Gasteiger partial charge in [0.05, 0.1) is 10.9 Å². The normalized spacial score (nSPS) is 14.9. The Bertz CT molecular complexity index is 362. The Morgan fingerprint density at radius 3 is 2.64 bits per heavy atom. The fourth-order valence-electron chi connectivity index (χ4n) is 0.774. The highest BCUT2D eigenvalue weighted by molar-refractivity contribution is 7.85. The van der Waals surface area contributed by atoms with Crippen molar-refractivity contribution in [2.24, 2.45) is 11.4 Å². The van der Waals surface area contributed by atoms with E-state index in [1.165, 1.54) is 0 Å². The van der Waals surface area contributed by atoms with E-state index >= 15 is 0 Å². The predicted molar refractivity (Wildman–Crippen MR) is 58.7 cm³/mol. The van der Waals surface area contributed by atoms with Crippen LogP contribution in [0.5, 0.6) is 0 Å². The third-order valence-corrected chi connectivity index (χ3v) is 2.89. The van der Waals surface area contributed by atoms with Crippen LogP contribution in [0.2, 0.25) is 0 Å². The van der Waals surface area contributed by atoms with Crippen LogP contribution in [-0.2, 0) is 18.0 Å². The molecule has 0 N–H and O–H groups in total. The molecule has 0 bridgehead atoms. The molecule has 0 aliphatic heterocycles. The second kappa shape index (κ2) is 4.04. The molecule has 14 heavy (non-hydrogen) atoms. The fourth-order valence-corrected chi connectivity index (χ4v) is 1.31. The molecule has 5 heteroatoms. The van der Waals surface area contributed by atoms with Gasteiger partial charge in [-0.15, -0.1) is 0 Å². The van der Waals surface area contributed by atoms with Gasteiger partial charge in [0.15, 0.2) is 0 Å². The number of aryl methyl sites for hydroxylation is 1. The summed E-state index contributed by atoms with van der Waals surface area (Å²) in [6.07, 6.45) is 5.10. The van der Waals surface area contributed by atoms with Gasteiger partial charge in [0.2, 0.25) is 0 Å². The molecule has 0 saturated heterocycles. The smallest absolute Gasteiger partial charge is 0.144 e.